The number of piperazine rings is 1. The zero-order chi connectivity index (χ0) is 17.0. The molecule has 2 aliphatic heterocycles. The molecule has 0 aliphatic carbocycles. The van der Waals surface area contributed by atoms with E-state index in [0.717, 1.165) is 52.1 Å². The van der Waals surface area contributed by atoms with E-state index in [0.29, 0.717) is 6.61 Å². The third kappa shape index (κ3) is 3.42. The first kappa shape index (κ1) is 17.2. The molecule has 1 aromatic rings. The maximum Gasteiger partial charge on any atom is 0.231 e. The Morgan fingerprint density at radius 2 is 1.83 bits per heavy atom. The van der Waals surface area contributed by atoms with Crippen LogP contribution >= 0.6 is 0 Å². The maximum absolute atomic E-state index is 13.2. The van der Waals surface area contributed by atoms with Gasteiger partial charge in [-0.25, -0.2) is 0 Å². The third-order valence-electron chi connectivity index (χ3n) is 5.46. The molecular weight excluding hydrogens is 302 g/mol. The molecule has 1 N–H and O–H groups in total. The summed E-state index contributed by atoms with van der Waals surface area (Å²) in [5, 5.41) is 3.36. The van der Waals surface area contributed by atoms with Gasteiger partial charge in [-0.3, -0.25) is 4.79 Å². The first-order chi connectivity index (χ1) is 11.7. The normalized spacial score (nSPS) is 20.9. The SMILES string of the molecule is COCC1(C(=O)N2CCN(c3ccccc3C)CC2)CCNCC1. The zero-order valence-electron chi connectivity index (χ0n) is 14.9. The quantitative estimate of drug-likeness (QED) is 0.911. The molecule has 1 aromatic carbocycles. The van der Waals surface area contributed by atoms with E-state index in [1.165, 1.54) is 11.3 Å². The van der Waals surface area contributed by atoms with Gasteiger partial charge in [0.25, 0.3) is 0 Å². The Kier molecular flexibility index (Phi) is 5.41. The number of anilines is 1. The highest BCUT2D eigenvalue weighted by molar-refractivity contribution is 5.83. The standard InChI is InChI=1S/C19H29N3O2/c1-16-5-3-4-6-17(16)21-11-13-22(14-12-21)18(23)19(15-24-2)7-9-20-10-8-19/h3-6,20H,7-15H2,1-2H3. The molecule has 5 nitrogen and oxygen atoms in total. The van der Waals surface area contributed by atoms with Crippen molar-refractivity contribution in [3.05, 3.63) is 29.8 Å². The van der Waals surface area contributed by atoms with Crippen LogP contribution in [0.2, 0.25) is 0 Å². The summed E-state index contributed by atoms with van der Waals surface area (Å²) >= 11 is 0. The number of para-hydroxylation sites is 1. The van der Waals surface area contributed by atoms with Crippen LogP contribution in [0.5, 0.6) is 0 Å². The fraction of sp³-hybridized carbons (Fsp3) is 0.632. The minimum Gasteiger partial charge on any atom is -0.384 e. The predicted octanol–water partition coefficient (Wildman–Crippen LogP) is 1.66. The van der Waals surface area contributed by atoms with Crippen LogP contribution in [-0.2, 0) is 9.53 Å². The highest BCUT2D eigenvalue weighted by atomic mass is 16.5. The number of benzene rings is 1. The second-order valence-corrected chi connectivity index (χ2v) is 7.03. The van der Waals surface area contributed by atoms with Crippen LogP contribution in [0.1, 0.15) is 18.4 Å². The third-order valence-corrected chi connectivity index (χ3v) is 5.46. The molecule has 1 amide bonds. The van der Waals surface area contributed by atoms with Gasteiger partial charge >= 0.3 is 0 Å². The van der Waals surface area contributed by atoms with E-state index in [1.54, 1.807) is 7.11 Å². The number of methoxy groups -OCH3 is 1. The van der Waals surface area contributed by atoms with Crippen LogP contribution < -0.4 is 10.2 Å². The fourth-order valence-electron chi connectivity index (χ4n) is 4.01. The first-order valence-corrected chi connectivity index (χ1v) is 8.96. The van der Waals surface area contributed by atoms with Crippen LogP contribution in [0.4, 0.5) is 5.69 Å². The predicted molar refractivity (Wildman–Crippen MR) is 96.4 cm³/mol. The second-order valence-electron chi connectivity index (χ2n) is 7.03. The highest BCUT2D eigenvalue weighted by Gasteiger charge is 2.42. The number of carbonyl (C=O) groups is 1. The van der Waals surface area contributed by atoms with E-state index in [9.17, 15) is 4.79 Å². The molecule has 5 heteroatoms. The number of aryl methyl sites for hydroxylation is 1. The number of ether oxygens (including phenoxy) is 1. The Morgan fingerprint density at radius 1 is 1.17 bits per heavy atom. The molecule has 3 rings (SSSR count). The number of hydrogen-bond acceptors (Lipinski definition) is 4. The van der Waals surface area contributed by atoms with Gasteiger partial charge < -0.3 is 19.9 Å². The topological polar surface area (TPSA) is 44.8 Å². The minimum absolute atomic E-state index is 0.287. The van der Waals surface area contributed by atoms with Crippen LogP contribution in [-0.4, -0.2) is 63.8 Å². The molecular formula is C19H29N3O2. The minimum atomic E-state index is -0.329. The highest BCUT2D eigenvalue weighted by Crippen LogP contribution is 2.32. The van der Waals surface area contributed by atoms with E-state index >= 15 is 0 Å². The van der Waals surface area contributed by atoms with E-state index in [4.69, 9.17) is 4.74 Å². The smallest absolute Gasteiger partial charge is 0.231 e. The van der Waals surface area contributed by atoms with Gasteiger partial charge in [0.2, 0.25) is 5.91 Å². The van der Waals surface area contributed by atoms with Gasteiger partial charge in [-0.15, -0.1) is 0 Å². The number of piperidine rings is 1. The molecule has 0 spiro atoms. The summed E-state index contributed by atoms with van der Waals surface area (Å²) in [6.07, 6.45) is 1.75. The van der Waals surface area contributed by atoms with Crippen molar-refractivity contribution in [2.45, 2.75) is 19.8 Å². The summed E-state index contributed by atoms with van der Waals surface area (Å²) in [6, 6.07) is 8.48. The van der Waals surface area contributed by atoms with Crippen molar-refractivity contribution in [3.8, 4) is 0 Å². The lowest BCUT2D eigenvalue weighted by Gasteiger charge is -2.43. The number of nitrogens with one attached hydrogen (secondary N) is 1. The van der Waals surface area contributed by atoms with Gasteiger partial charge in [0, 0.05) is 39.0 Å². The molecule has 0 aromatic heterocycles. The van der Waals surface area contributed by atoms with Crippen molar-refractivity contribution in [1.29, 1.82) is 0 Å². The number of hydrogen-bond donors (Lipinski definition) is 1. The molecule has 24 heavy (non-hydrogen) atoms. The molecule has 0 saturated carbocycles. The van der Waals surface area contributed by atoms with E-state index < -0.39 is 0 Å². The van der Waals surface area contributed by atoms with Crippen molar-refractivity contribution >= 4 is 11.6 Å². The van der Waals surface area contributed by atoms with Gasteiger partial charge in [-0.05, 0) is 44.5 Å². The van der Waals surface area contributed by atoms with E-state index in [-0.39, 0.29) is 11.3 Å². The number of rotatable bonds is 4. The molecule has 2 fully saturated rings. The summed E-state index contributed by atoms with van der Waals surface area (Å²) in [4.78, 5) is 17.6. The lowest BCUT2D eigenvalue weighted by atomic mass is 9.78. The Labute approximate surface area is 145 Å². The van der Waals surface area contributed by atoms with Gasteiger partial charge in [0.1, 0.15) is 0 Å². The monoisotopic (exact) mass is 331 g/mol. The van der Waals surface area contributed by atoms with Crippen molar-refractivity contribution < 1.29 is 9.53 Å². The van der Waals surface area contributed by atoms with Crippen molar-refractivity contribution in [2.24, 2.45) is 5.41 Å². The summed E-state index contributed by atoms with van der Waals surface area (Å²) in [5.41, 5.74) is 2.26. The second kappa shape index (κ2) is 7.53. The van der Waals surface area contributed by atoms with Gasteiger partial charge in [-0.1, -0.05) is 18.2 Å². The molecule has 0 bridgehead atoms. The zero-order valence-corrected chi connectivity index (χ0v) is 14.9. The molecule has 0 atom stereocenters. The lowest BCUT2D eigenvalue weighted by molar-refractivity contribution is -0.147. The summed E-state index contributed by atoms with van der Waals surface area (Å²) in [6.45, 7) is 7.88. The van der Waals surface area contributed by atoms with Crippen molar-refractivity contribution in [3.63, 3.8) is 0 Å². The summed E-state index contributed by atoms with van der Waals surface area (Å²) < 4.78 is 5.42. The van der Waals surface area contributed by atoms with Gasteiger partial charge in [0.15, 0.2) is 0 Å². The van der Waals surface area contributed by atoms with Crippen LogP contribution in [0.25, 0.3) is 0 Å². The van der Waals surface area contributed by atoms with E-state index in [2.05, 4.69) is 46.3 Å². The van der Waals surface area contributed by atoms with Crippen LogP contribution in [0, 0.1) is 12.3 Å². The molecule has 2 saturated heterocycles. The number of amides is 1. The van der Waals surface area contributed by atoms with E-state index in [1.807, 2.05) is 0 Å². The van der Waals surface area contributed by atoms with Gasteiger partial charge in [-0.2, -0.15) is 0 Å². The lowest BCUT2D eigenvalue weighted by Crippen LogP contribution is -2.56. The van der Waals surface area contributed by atoms with Gasteiger partial charge in [0.05, 0.1) is 12.0 Å². The average molecular weight is 331 g/mol. The Bertz CT molecular complexity index is 556. The average Bonchev–Trinajstić information content (AvgIpc) is 2.63. The Morgan fingerprint density at radius 3 is 2.46 bits per heavy atom. The largest absolute Gasteiger partial charge is 0.384 e. The van der Waals surface area contributed by atoms with Crippen molar-refractivity contribution in [1.82, 2.24) is 10.2 Å². The molecule has 0 radical (unpaired) electrons. The molecule has 2 heterocycles. The summed E-state index contributed by atoms with van der Waals surface area (Å²) in [5.74, 6) is 0.287. The number of nitrogens with zero attached hydrogens (tertiary/aromatic N) is 2. The fourth-order valence-corrected chi connectivity index (χ4v) is 4.01. The first-order valence-electron chi connectivity index (χ1n) is 8.96. The summed E-state index contributed by atoms with van der Waals surface area (Å²) in [7, 11) is 1.70. The van der Waals surface area contributed by atoms with Crippen molar-refractivity contribution in [2.75, 3.05) is 57.9 Å². The number of carbonyl (C=O) groups excluding carboxylic acids is 1. The molecule has 132 valence electrons. The molecule has 2 aliphatic rings. The van der Waals surface area contributed by atoms with Crippen LogP contribution in [0.3, 0.4) is 0 Å². The Hall–Kier alpha value is -1.59. The van der Waals surface area contributed by atoms with Crippen LogP contribution in [0.15, 0.2) is 24.3 Å². The molecule has 0 unspecified atom stereocenters. The Balaban J connectivity index is 1.65. The maximum atomic E-state index is 13.2.